The maximum absolute atomic E-state index is 11.1. The number of nitrogen functional groups attached to an aromatic ring is 1. The van der Waals surface area contributed by atoms with E-state index in [2.05, 4.69) is 4.98 Å². The fourth-order valence-corrected chi connectivity index (χ4v) is 2.59. The number of hydrogen-bond acceptors (Lipinski definition) is 6. The van der Waals surface area contributed by atoms with Crippen LogP contribution in [0.4, 0.5) is 17.3 Å². The zero-order valence-corrected chi connectivity index (χ0v) is 10.7. The lowest BCUT2D eigenvalue weighted by Gasteiger charge is -2.29. The standard InChI is InChI=1S/C12H18N4O3/c13-11-6-5-10(16(18)19)12(14-11)15(7-8-17)9-3-1-2-4-9/h5-6,9,17H,1-4,7-8H2,(H2,13,14). The van der Waals surface area contributed by atoms with Crippen molar-refractivity contribution in [3.8, 4) is 0 Å². The van der Waals surface area contributed by atoms with Gasteiger partial charge in [-0.15, -0.1) is 0 Å². The van der Waals surface area contributed by atoms with Crippen molar-refractivity contribution in [2.75, 3.05) is 23.8 Å². The van der Waals surface area contributed by atoms with Crippen molar-refractivity contribution in [1.29, 1.82) is 0 Å². The van der Waals surface area contributed by atoms with E-state index in [9.17, 15) is 15.2 Å². The van der Waals surface area contributed by atoms with Crippen molar-refractivity contribution in [3.63, 3.8) is 0 Å². The number of nitro groups is 1. The highest BCUT2D eigenvalue weighted by Crippen LogP contribution is 2.33. The highest BCUT2D eigenvalue weighted by atomic mass is 16.6. The molecule has 1 heterocycles. The first-order chi connectivity index (χ1) is 9.13. The van der Waals surface area contributed by atoms with Crippen molar-refractivity contribution in [1.82, 2.24) is 4.98 Å². The number of anilines is 2. The molecule has 0 unspecified atom stereocenters. The van der Waals surface area contributed by atoms with Gasteiger partial charge in [0, 0.05) is 18.7 Å². The second-order valence-electron chi connectivity index (χ2n) is 4.69. The molecule has 19 heavy (non-hydrogen) atoms. The summed E-state index contributed by atoms with van der Waals surface area (Å²) in [5.74, 6) is 0.521. The van der Waals surface area contributed by atoms with E-state index in [1.165, 1.54) is 12.1 Å². The summed E-state index contributed by atoms with van der Waals surface area (Å²) >= 11 is 0. The lowest BCUT2D eigenvalue weighted by molar-refractivity contribution is -0.384. The van der Waals surface area contributed by atoms with E-state index in [0.717, 1.165) is 25.7 Å². The Morgan fingerprint density at radius 2 is 2.16 bits per heavy atom. The number of hydrogen-bond donors (Lipinski definition) is 2. The quantitative estimate of drug-likeness (QED) is 0.615. The van der Waals surface area contributed by atoms with Gasteiger partial charge in [-0.2, -0.15) is 0 Å². The predicted octanol–water partition coefficient (Wildman–Crippen LogP) is 1.31. The molecular weight excluding hydrogens is 248 g/mol. The van der Waals surface area contributed by atoms with E-state index in [1.807, 2.05) is 4.90 Å². The van der Waals surface area contributed by atoms with Crippen molar-refractivity contribution in [3.05, 3.63) is 22.2 Å². The van der Waals surface area contributed by atoms with Crippen molar-refractivity contribution < 1.29 is 10.0 Å². The molecule has 0 radical (unpaired) electrons. The second kappa shape index (κ2) is 5.83. The van der Waals surface area contributed by atoms with Crippen LogP contribution in [0.2, 0.25) is 0 Å². The second-order valence-corrected chi connectivity index (χ2v) is 4.69. The first-order valence-electron chi connectivity index (χ1n) is 6.42. The van der Waals surface area contributed by atoms with Crippen molar-refractivity contribution >= 4 is 17.3 Å². The highest BCUT2D eigenvalue weighted by molar-refractivity contribution is 5.61. The molecular formula is C12H18N4O3. The molecule has 0 atom stereocenters. The minimum Gasteiger partial charge on any atom is -0.395 e. The number of aromatic nitrogens is 1. The molecule has 3 N–H and O–H groups in total. The number of rotatable bonds is 5. The molecule has 2 rings (SSSR count). The summed E-state index contributed by atoms with van der Waals surface area (Å²) in [6.07, 6.45) is 4.13. The summed E-state index contributed by atoms with van der Waals surface area (Å²) in [6, 6.07) is 2.99. The zero-order chi connectivity index (χ0) is 13.8. The molecule has 7 nitrogen and oxygen atoms in total. The molecule has 1 fully saturated rings. The first-order valence-corrected chi connectivity index (χ1v) is 6.42. The van der Waals surface area contributed by atoms with E-state index in [1.54, 1.807) is 0 Å². The summed E-state index contributed by atoms with van der Waals surface area (Å²) in [6.45, 7) is 0.270. The van der Waals surface area contributed by atoms with Gasteiger partial charge in [0.2, 0.25) is 5.82 Å². The predicted molar refractivity (Wildman–Crippen MR) is 72.0 cm³/mol. The molecule has 0 aliphatic heterocycles. The Hall–Kier alpha value is -1.89. The van der Waals surface area contributed by atoms with Crippen LogP contribution in [0.15, 0.2) is 12.1 Å². The Morgan fingerprint density at radius 3 is 2.74 bits per heavy atom. The molecule has 7 heteroatoms. The number of pyridine rings is 1. The molecule has 1 aromatic heterocycles. The summed E-state index contributed by atoms with van der Waals surface area (Å²) < 4.78 is 0. The Labute approximate surface area is 111 Å². The summed E-state index contributed by atoms with van der Waals surface area (Å²) in [5, 5.41) is 20.3. The molecule has 0 saturated heterocycles. The fraction of sp³-hybridized carbons (Fsp3) is 0.583. The largest absolute Gasteiger partial charge is 0.395 e. The molecule has 1 aromatic rings. The summed E-state index contributed by atoms with van der Waals surface area (Å²) in [5.41, 5.74) is 5.58. The van der Waals surface area contributed by atoms with Crippen LogP contribution in [0.1, 0.15) is 25.7 Å². The first kappa shape index (κ1) is 13.5. The molecule has 1 saturated carbocycles. The summed E-state index contributed by atoms with van der Waals surface area (Å²) in [4.78, 5) is 16.6. The highest BCUT2D eigenvalue weighted by Gasteiger charge is 2.29. The lowest BCUT2D eigenvalue weighted by atomic mass is 10.2. The minimum absolute atomic E-state index is 0.0606. The average Bonchev–Trinajstić information content (AvgIpc) is 2.89. The van der Waals surface area contributed by atoms with Crippen molar-refractivity contribution in [2.24, 2.45) is 0 Å². The van der Waals surface area contributed by atoms with Crippen LogP contribution in [0.5, 0.6) is 0 Å². The van der Waals surface area contributed by atoms with E-state index >= 15 is 0 Å². The van der Waals surface area contributed by atoms with Gasteiger partial charge >= 0.3 is 5.69 Å². The zero-order valence-electron chi connectivity index (χ0n) is 10.7. The van der Waals surface area contributed by atoms with Crippen LogP contribution in [0, 0.1) is 10.1 Å². The van der Waals surface area contributed by atoms with Crippen molar-refractivity contribution in [2.45, 2.75) is 31.7 Å². The molecule has 0 amide bonds. The van der Waals surface area contributed by atoms with Crippen LogP contribution >= 0.6 is 0 Å². The Morgan fingerprint density at radius 1 is 1.47 bits per heavy atom. The maximum atomic E-state index is 11.1. The van der Waals surface area contributed by atoms with Crippen LogP contribution < -0.4 is 10.6 Å². The molecule has 104 valence electrons. The molecule has 1 aliphatic carbocycles. The molecule has 0 bridgehead atoms. The van der Waals surface area contributed by atoms with E-state index in [-0.39, 0.29) is 30.0 Å². The van der Waals surface area contributed by atoms with Gasteiger partial charge in [-0.05, 0) is 18.9 Å². The van der Waals surface area contributed by atoms with E-state index in [0.29, 0.717) is 6.54 Å². The van der Waals surface area contributed by atoms with Gasteiger partial charge in [-0.25, -0.2) is 4.98 Å². The Balaban J connectivity index is 2.39. The van der Waals surface area contributed by atoms with Crippen LogP contribution in [0.3, 0.4) is 0 Å². The van der Waals surface area contributed by atoms with Gasteiger partial charge in [-0.3, -0.25) is 10.1 Å². The van der Waals surface area contributed by atoms with Crippen LogP contribution in [-0.2, 0) is 0 Å². The molecule has 0 spiro atoms. The smallest absolute Gasteiger partial charge is 0.311 e. The number of aliphatic hydroxyl groups excluding tert-OH is 1. The number of aliphatic hydroxyl groups is 1. The summed E-state index contributed by atoms with van der Waals surface area (Å²) in [7, 11) is 0. The molecule has 1 aliphatic rings. The maximum Gasteiger partial charge on any atom is 0.311 e. The number of nitrogens with two attached hydrogens (primary N) is 1. The van der Waals surface area contributed by atoms with E-state index < -0.39 is 4.92 Å². The van der Waals surface area contributed by atoms with Gasteiger partial charge in [0.15, 0.2) is 0 Å². The van der Waals surface area contributed by atoms with Gasteiger partial charge < -0.3 is 15.7 Å². The van der Waals surface area contributed by atoms with E-state index in [4.69, 9.17) is 5.73 Å². The lowest BCUT2D eigenvalue weighted by Crippen LogP contribution is -2.36. The topological polar surface area (TPSA) is 106 Å². The third kappa shape index (κ3) is 2.93. The minimum atomic E-state index is -0.457. The Kier molecular flexibility index (Phi) is 4.16. The molecule has 0 aromatic carbocycles. The number of nitrogens with zero attached hydrogens (tertiary/aromatic N) is 3. The van der Waals surface area contributed by atoms with Crippen LogP contribution in [0.25, 0.3) is 0 Å². The average molecular weight is 266 g/mol. The van der Waals surface area contributed by atoms with Gasteiger partial charge in [0.1, 0.15) is 5.82 Å². The monoisotopic (exact) mass is 266 g/mol. The van der Waals surface area contributed by atoms with Gasteiger partial charge in [-0.1, -0.05) is 12.8 Å². The third-order valence-corrected chi connectivity index (χ3v) is 3.45. The SMILES string of the molecule is Nc1ccc([N+](=O)[O-])c(N(CCO)C2CCCC2)n1. The third-order valence-electron chi connectivity index (χ3n) is 3.45. The normalized spacial score (nSPS) is 15.6. The van der Waals surface area contributed by atoms with Crippen LogP contribution in [-0.4, -0.2) is 34.2 Å². The Bertz CT molecular complexity index is 460. The van der Waals surface area contributed by atoms with Gasteiger partial charge in [0.05, 0.1) is 11.5 Å². The fourth-order valence-electron chi connectivity index (χ4n) is 2.59. The van der Waals surface area contributed by atoms with Gasteiger partial charge in [0.25, 0.3) is 0 Å².